The van der Waals surface area contributed by atoms with E-state index in [0.717, 1.165) is 10.0 Å². The Labute approximate surface area is 106 Å². The Morgan fingerprint density at radius 2 is 2.24 bits per heavy atom. The van der Waals surface area contributed by atoms with Gasteiger partial charge in [0.15, 0.2) is 0 Å². The summed E-state index contributed by atoms with van der Waals surface area (Å²) in [6.07, 6.45) is 0. The Kier molecular flexibility index (Phi) is 3.75. The van der Waals surface area contributed by atoms with Crippen LogP contribution in [0.5, 0.6) is 5.75 Å². The van der Waals surface area contributed by atoms with Crippen molar-refractivity contribution in [1.29, 1.82) is 0 Å². The molecule has 1 heterocycles. The smallest absolute Gasteiger partial charge is 0.145 e. The topological polar surface area (TPSA) is 68.4 Å². The van der Waals surface area contributed by atoms with Crippen LogP contribution in [-0.4, -0.2) is 15.4 Å². The molecule has 90 valence electrons. The predicted octanol–water partition coefficient (Wildman–Crippen LogP) is 2.21. The van der Waals surface area contributed by atoms with E-state index in [1.807, 2.05) is 12.1 Å². The molecule has 2 aromatic rings. The monoisotopic (exact) mass is 298 g/mol. The Hall–Kier alpha value is -1.40. The quantitative estimate of drug-likeness (QED) is 0.937. The van der Waals surface area contributed by atoms with Gasteiger partial charge >= 0.3 is 0 Å². The lowest BCUT2D eigenvalue weighted by molar-refractivity contribution is 0.266. The SMILES string of the molecule is Cc1nonc1COc1ccc(Br)c(CO)c1. The number of hydrogen-bond acceptors (Lipinski definition) is 5. The maximum absolute atomic E-state index is 9.12. The molecule has 0 amide bonds. The molecule has 1 aromatic heterocycles. The number of ether oxygens (including phenoxy) is 1. The molecular formula is C11H11BrN2O3. The van der Waals surface area contributed by atoms with Gasteiger partial charge in [-0.15, -0.1) is 0 Å². The normalized spacial score (nSPS) is 10.5. The van der Waals surface area contributed by atoms with Crippen LogP contribution in [0.3, 0.4) is 0 Å². The molecule has 6 heteroatoms. The van der Waals surface area contributed by atoms with Gasteiger partial charge in [0.1, 0.15) is 23.7 Å². The van der Waals surface area contributed by atoms with Crippen LogP contribution in [0, 0.1) is 6.92 Å². The fourth-order valence-corrected chi connectivity index (χ4v) is 1.67. The molecule has 0 aliphatic rings. The molecule has 0 aliphatic heterocycles. The highest BCUT2D eigenvalue weighted by Crippen LogP contribution is 2.23. The zero-order valence-electron chi connectivity index (χ0n) is 9.18. The number of hydrogen-bond donors (Lipinski definition) is 1. The highest BCUT2D eigenvalue weighted by atomic mass is 79.9. The lowest BCUT2D eigenvalue weighted by Gasteiger charge is -2.07. The van der Waals surface area contributed by atoms with E-state index in [9.17, 15) is 0 Å². The molecular weight excluding hydrogens is 288 g/mol. The molecule has 5 nitrogen and oxygen atoms in total. The summed E-state index contributed by atoms with van der Waals surface area (Å²) in [7, 11) is 0. The Bertz CT molecular complexity index is 513. The number of rotatable bonds is 4. The van der Waals surface area contributed by atoms with Crippen molar-refractivity contribution in [3.8, 4) is 5.75 Å². The Morgan fingerprint density at radius 1 is 1.41 bits per heavy atom. The van der Waals surface area contributed by atoms with E-state index in [1.54, 1.807) is 13.0 Å². The zero-order valence-corrected chi connectivity index (χ0v) is 10.8. The first-order chi connectivity index (χ1) is 8.20. The number of nitrogens with zero attached hydrogens (tertiary/aromatic N) is 2. The van der Waals surface area contributed by atoms with Crippen molar-refractivity contribution in [3.63, 3.8) is 0 Å². The fraction of sp³-hybridized carbons (Fsp3) is 0.273. The maximum atomic E-state index is 9.12. The van der Waals surface area contributed by atoms with Gasteiger partial charge in [0.05, 0.1) is 6.61 Å². The van der Waals surface area contributed by atoms with E-state index in [2.05, 4.69) is 30.9 Å². The summed E-state index contributed by atoms with van der Waals surface area (Å²) in [5.74, 6) is 0.666. The van der Waals surface area contributed by atoms with E-state index >= 15 is 0 Å². The van der Waals surface area contributed by atoms with Crippen molar-refractivity contribution < 1.29 is 14.5 Å². The fourth-order valence-electron chi connectivity index (χ4n) is 1.29. The lowest BCUT2D eigenvalue weighted by atomic mass is 10.2. The van der Waals surface area contributed by atoms with Crippen LogP contribution in [0.4, 0.5) is 0 Å². The molecule has 1 aromatic carbocycles. The molecule has 0 aliphatic carbocycles. The third kappa shape index (κ3) is 2.83. The minimum atomic E-state index is -0.0394. The van der Waals surface area contributed by atoms with Crippen LogP contribution in [0.1, 0.15) is 17.0 Å². The van der Waals surface area contributed by atoms with Gasteiger partial charge in [-0.2, -0.15) is 0 Å². The van der Waals surface area contributed by atoms with Crippen molar-refractivity contribution in [2.75, 3.05) is 0 Å². The molecule has 0 saturated carbocycles. The van der Waals surface area contributed by atoms with Crippen LogP contribution in [0.2, 0.25) is 0 Å². The summed E-state index contributed by atoms with van der Waals surface area (Å²) in [6, 6.07) is 5.41. The highest BCUT2D eigenvalue weighted by molar-refractivity contribution is 9.10. The molecule has 0 atom stereocenters. The third-order valence-corrected chi connectivity index (χ3v) is 3.08. The van der Waals surface area contributed by atoms with Crippen LogP contribution < -0.4 is 4.74 Å². The van der Waals surface area contributed by atoms with E-state index in [-0.39, 0.29) is 6.61 Å². The van der Waals surface area contributed by atoms with Crippen molar-refractivity contribution in [2.45, 2.75) is 20.1 Å². The van der Waals surface area contributed by atoms with Crippen LogP contribution in [-0.2, 0) is 13.2 Å². The van der Waals surface area contributed by atoms with Gasteiger partial charge in [-0.3, -0.25) is 0 Å². The first kappa shape index (κ1) is 12.1. The zero-order chi connectivity index (χ0) is 12.3. The summed E-state index contributed by atoms with van der Waals surface area (Å²) in [6.45, 7) is 2.06. The molecule has 0 spiro atoms. The summed E-state index contributed by atoms with van der Waals surface area (Å²) in [4.78, 5) is 0. The largest absolute Gasteiger partial charge is 0.487 e. The number of benzene rings is 1. The lowest BCUT2D eigenvalue weighted by Crippen LogP contribution is -1.98. The Morgan fingerprint density at radius 3 is 2.88 bits per heavy atom. The van der Waals surface area contributed by atoms with Crippen LogP contribution in [0.25, 0.3) is 0 Å². The van der Waals surface area contributed by atoms with Gasteiger partial charge in [-0.1, -0.05) is 26.2 Å². The average Bonchev–Trinajstić information content (AvgIpc) is 2.74. The van der Waals surface area contributed by atoms with Crippen LogP contribution >= 0.6 is 15.9 Å². The second-order valence-electron chi connectivity index (χ2n) is 3.50. The second kappa shape index (κ2) is 5.29. The Balaban J connectivity index is 2.07. The van der Waals surface area contributed by atoms with E-state index in [0.29, 0.717) is 23.7 Å². The summed E-state index contributed by atoms with van der Waals surface area (Å²) in [5.41, 5.74) is 2.15. The highest BCUT2D eigenvalue weighted by Gasteiger charge is 2.07. The molecule has 0 saturated heterocycles. The van der Waals surface area contributed by atoms with Gasteiger partial charge in [0, 0.05) is 4.47 Å². The summed E-state index contributed by atoms with van der Waals surface area (Å²) >= 11 is 3.34. The molecule has 0 fully saturated rings. The minimum absolute atomic E-state index is 0.0394. The number of aryl methyl sites for hydroxylation is 1. The molecule has 0 unspecified atom stereocenters. The van der Waals surface area contributed by atoms with E-state index < -0.39 is 0 Å². The molecule has 17 heavy (non-hydrogen) atoms. The number of aliphatic hydroxyl groups is 1. The first-order valence-corrected chi connectivity index (χ1v) is 5.80. The predicted molar refractivity (Wildman–Crippen MR) is 63.4 cm³/mol. The van der Waals surface area contributed by atoms with E-state index in [1.165, 1.54) is 0 Å². The number of aliphatic hydroxyl groups excluding tert-OH is 1. The van der Waals surface area contributed by atoms with Gasteiger partial charge in [-0.05, 0) is 30.7 Å². The summed E-state index contributed by atoms with van der Waals surface area (Å²) in [5, 5.41) is 16.5. The van der Waals surface area contributed by atoms with Gasteiger partial charge < -0.3 is 9.84 Å². The van der Waals surface area contributed by atoms with Crippen molar-refractivity contribution in [3.05, 3.63) is 39.6 Å². The van der Waals surface area contributed by atoms with Gasteiger partial charge in [-0.25, -0.2) is 4.63 Å². The summed E-state index contributed by atoms with van der Waals surface area (Å²) < 4.78 is 11.0. The molecule has 1 N–H and O–H groups in total. The van der Waals surface area contributed by atoms with Crippen molar-refractivity contribution >= 4 is 15.9 Å². The van der Waals surface area contributed by atoms with Crippen molar-refractivity contribution in [1.82, 2.24) is 10.3 Å². The maximum Gasteiger partial charge on any atom is 0.145 e. The molecule has 0 bridgehead atoms. The van der Waals surface area contributed by atoms with Crippen molar-refractivity contribution in [2.24, 2.45) is 0 Å². The minimum Gasteiger partial charge on any atom is -0.487 e. The standard InChI is InChI=1S/C11H11BrN2O3/c1-7-11(14-17-13-7)6-16-9-2-3-10(12)8(4-9)5-15/h2-4,15H,5-6H2,1H3. The van der Waals surface area contributed by atoms with Crippen LogP contribution in [0.15, 0.2) is 27.3 Å². The second-order valence-corrected chi connectivity index (χ2v) is 4.35. The first-order valence-electron chi connectivity index (χ1n) is 5.01. The number of aromatic nitrogens is 2. The molecule has 2 rings (SSSR count). The number of halogens is 1. The van der Waals surface area contributed by atoms with E-state index in [4.69, 9.17) is 9.84 Å². The average molecular weight is 299 g/mol. The van der Waals surface area contributed by atoms with Gasteiger partial charge in [0.2, 0.25) is 0 Å². The third-order valence-electron chi connectivity index (χ3n) is 2.31. The molecule has 0 radical (unpaired) electrons. The van der Waals surface area contributed by atoms with Gasteiger partial charge in [0.25, 0.3) is 0 Å².